The molecule has 0 spiro atoms. The number of halogens is 1. The third kappa shape index (κ3) is 4.67. The second-order valence-corrected chi connectivity index (χ2v) is 6.56. The largest absolute Gasteiger partial charge is 0.376 e. The Bertz CT molecular complexity index is 776. The number of anilines is 2. The fourth-order valence-electron chi connectivity index (χ4n) is 2.64. The Kier molecular flexibility index (Phi) is 5.50. The number of aromatic nitrogens is 2. The van der Waals surface area contributed by atoms with Crippen LogP contribution in [-0.4, -0.2) is 35.1 Å². The van der Waals surface area contributed by atoms with Crippen LogP contribution in [0.3, 0.4) is 0 Å². The first-order valence-electron chi connectivity index (χ1n) is 8.30. The number of aryl methyl sites for hydroxylation is 2. The predicted molar refractivity (Wildman–Crippen MR) is 98.4 cm³/mol. The summed E-state index contributed by atoms with van der Waals surface area (Å²) in [6, 6.07) is 7.04. The molecule has 1 aromatic heterocycles. The van der Waals surface area contributed by atoms with Gasteiger partial charge in [0.1, 0.15) is 5.69 Å². The summed E-state index contributed by atoms with van der Waals surface area (Å²) in [5.41, 5.74) is 2.61. The number of benzene rings is 1. The Hall–Kier alpha value is -2.18. The number of rotatable bonds is 5. The van der Waals surface area contributed by atoms with Crippen LogP contribution in [0.4, 0.5) is 11.6 Å². The molecule has 3 rings (SSSR count). The number of carbonyl (C=O) groups excluding carboxylic acids is 1. The molecule has 1 aliphatic heterocycles. The van der Waals surface area contributed by atoms with Gasteiger partial charge in [-0.2, -0.15) is 0 Å². The van der Waals surface area contributed by atoms with Gasteiger partial charge in [0.05, 0.1) is 6.10 Å². The average Bonchev–Trinajstić information content (AvgIpc) is 3.09. The van der Waals surface area contributed by atoms with Gasteiger partial charge >= 0.3 is 0 Å². The van der Waals surface area contributed by atoms with Gasteiger partial charge in [0.2, 0.25) is 5.95 Å². The fraction of sp³-hybridized carbons (Fsp3) is 0.389. The number of nitrogens with one attached hydrogen (secondary N) is 2. The predicted octanol–water partition coefficient (Wildman–Crippen LogP) is 3.59. The van der Waals surface area contributed by atoms with Crippen LogP contribution in [-0.2, 0) is 4.74 Å². The molecule has 0 aliphatic carbocycles. The first-order valence-corrected chi connectivity index (χ1v) is 8.68. The van der Waals surface area contributed by atoms with Gasteiger partial charge in [-0.25, -0.2) is 9.97 Å². The molecule has 132 valence electrons. The zero-order valence-corrected chi connectivity index (χ0v) is 15.1. The van der Waals surface area contributed by atoms with Crippen molar-refractivity contribution in [1.82, 2.24) is 9.97 Å². The molecule has 1 aromatic carbocycles. The first-order chi connectivity index (χ1) is 12.0. The lowest BCUT2D eigenvalue weighted by Gasteiger charge is -2.12. The minimum Gasteiger partial charge on any atom is -0.376 e. The van der Waals surface area contributed by atoms with Crippen LogP contribution in [0.1, 0.15) is 34.6 Å². The lowest BCUT2D eigenvalue weighted by atomic mass is 10.2. The summed E-state index contributed by atoms with van der Waals surface area (Å²) in [5.74, 6) is 0.133. The van der Waals surface area contributed by atoms with E-state index in [0.717, 1.165) is 30.7 Å². The SMILES string of the molecule is Cc1cc(C(=O)Nc2ccc(C)c(Cl)c2)nc(NCC2CCCO2)n1. The van der Waals surface area contributed by atoms with E-state index < -0.39 is 0 Å². The van der Waals surface area contributed by atoms with Gasteiger partial charge in [-0.15, -0.1) is 0 Å². The van der Waals surface area contributed by atoms with E-state index in [-0.39, 0.29) is 12.0 Å². The van der Waals surface area contributed by atoms with E-state index in [1.165, 1.54) is 0 Å². The first kappa shape index (κ1) is 17.6. The van der Waals surface area contributed by atoms with Crippen LogP contribution in [0.5, 0.6) is 0 Å². The summed E-state index contributed by atoms with van der Waals surface area (Å²) in [6.07, 6.45) is 2.28. The molecule has 1 saturated heterocycles. The molecule has 1 fully saturated rings. The van der Waals surface area contributed by atoms with Gasteiger partial charge in [-0.05, 0) is 50.5 Å². The van der Waals surface area contributed by atoms with Crippen molar-refractivity contribution in [3.63, 3.8) is 0 Å². The third-order valence-corrected chi connectivity index (χ3v) is 4.44. The van der Waals surface area contributed by atoms with Crippen molar-refractivity contribution in [1.29, 1.82) is 0 Å². The maximum absolute atomic E-state index is 12.5. The van der Waals surface area contributed by atoms with Crippen LogP contribution in [0.2, 0.25) is 5.02 Å². The summed E-state index contributed by atoms with van der Waals surface area (Å²) in [6.45, 7) is 5.18. The highest BCUT2D eigenvalue weighted by molar-refractivity contribution is 6.31. The van der Waals surface area contributed by atoms with Crippen LogP contribution in [0.25, 0.3) is 0 Å². The van der Waals surface area contributed by atoms with Crippen molar-refractivity contribution >= 4 is 29.1 Å². The summed E-state index contributed by atoms with van der Waals surface area (Å²) in [4.78, 5) is 21.1. The Balaban J connectivity index is 1.69. The van der Waals surface area contributed by atoms with E-state index in [0.29, 0.717) is 28.9 Å². The Morgan fingerprint density at radius 2 is 2.16 bits per heavy atom. The zero-order chi connectivity index (χ0) is 17.8. The number of ether oxygens (including phenoxy) is 1. The Morgan fingerprint density at radius 1 is 1.32 bits per heavy atom. The summed E-state index contributed by atoms with van der Waals surface area (Å²) < 4.78 is 5.57. The number of nitrogens with zero attached hydrogens (tertiary/aromatic N) is 2. The molecule has 2 heterocycles. The van der Waals surface area contributed by atoms with Crippen LogP contribution >= 0.6 is 11.6 Å². The maximum Gasteiger partial charge on any atom is 0.274 e. The second kappa shape index (κ2) is 7.80. The monoisotopic (exact) mass is 360 g/mol. The van der Waals surface area contributed by atoms with Gasteiger partial charge in [-0.1, -0.05) is 17.7 Å². The van der Waals surface area contributed by atoms with E-state index in [1.807, 2.05) is 26.0 Å². The van der Waals surface area contributed by atoms with E-state index in [1.54, 1.807) is 12.1 Å². The molecular weight excluding hydrogens is 340 g/mol. The van der Waals surface area contributed by atoms with E-state index >= 15 is 0 Å². The smallest absolute Gasteiger partial charge is 0.274 e. The zero-order valence-electron chi connectivity index (χ0n) is 14.3. The summed E-state index contributed by atoms with van der Waals surface area (Å²) in [7, 11) is 0. The van der Waals surface area contributed by atoms with Gasteiger partial charge in [0, 0.05) is 29.6 Å². The van der Waals surface area contributed by atoms with Gasteiger partial charge < -0.3 is 15.4 Å². The van der Waals surface area contributed by atoms with Crippen molar-refractivity contribution in [3.05, 3.63) is 46.2 Å². The fourth-order valence-corrected chi connectivity index (χ4v) is 2.82. The molecule has 0 bridgehead atoms. The standard InChI is InChI=1S/C18H21ClN4O2/c1-11-5-6-13(9-15(11)19)22-17(24)16-8-12(2)21-18(23-16)20-10-14-4-3-7-25-14/h5-6,8-9,14H,3-4,7,10H2,1-2H3,(H,22,24)(H,20,21,23). The molecule has 25 heavy (non-hydrogen) atoms. The molecule has 1 aliphatic rings. The van der Waals surface area contributed by atoms with E-state index in [2.05, 4.69) is 20.6 Å². The molecule has 0 saturated carbocycles. The highest BCUT2D eigenvalue weighted by Gasteiger charge is 2.16. The Labute approximate surface area is 152 Å². The normalized spacial score (nSPS) is 16.7. The number of carbonyl (C=O) groups is 1. The van der Waals surface area contributed by atoms with Crippen LogP contribution in [0.15, 0.2) is 24.3 Å². The maximum atomic E-state index is 12.5. The second-order valence-electron chi connectivity index (χ2n) is 6.15. The molecule has 1 unspecified atom stereocenters. The molecule has 2 aromatic rings. The topological polar surface area (TPSA) is 76.1 Å². The lowest BCUT2D eigenvalue weighted by molar-refractivity contribution is 0.102. The number of hydrogen-bond donors (Lipinski definition) is 2. The minimum atomic E-state index is -0.300. The van der Waals surface area contributed by atoms with Crippen molar-refractivity contribution in [2.45, 2.75) is 32.8 Å². The number of hydrogen-bond acceptors (Lipinski definition) is 5. The highest BCUT2D eigenvalue weighted by atomic mass is 35.5. The number of amides is 1. The van der Waals surface area contributed by atoms with Crippen LogP contribution in [0, 0.1) is 13.8 Å². The summed E-state index contributed by atoms with van der Waals surface area (Å²) >= 11 is 6.10. The van der Waals surface area contributed by atoms with Gasteiger partial charge in [-0.3, -0.25) is 4.79 Å². The molecular formula is C18H21ClN4O2. The quantitative estimate of drug-likeness (QED) is 0.852. The minimum absolute atomic E-state index is 0.177. The van der Waals surface area contributed by atoms with Crippen molar-refractivity contribution in [2.75, 3.05) is 23.8 Å². The molecule has 2 N–H and O–H groups in total. The van der Waals surface area contributed by atoms with E-state index in [9.17, 15) is 4.79 Å². The molecule has 1 atom stereocenters. The Morgan fingerprint density at radius 3 is 2.88 bits per heavy atom. The van der Waals surface area contributed by atoms with Crippen LogP contribution < -0.4 is 10.6 Å². The van der Waals surface area contributed by atoms with Gasteiger partial charge in [0.15, 0.2) is 0 Å². The molecule has 1 amide bonds. The highest BCUT2D eigenvalue weighted by Crippen LogP contribution is 2.20. The van der Waals surface area contributed by atoms with Crippen molar-refractivity contribution in [2.24, 2.45) is 0 Å². The molecule has 7 heteroatoms. The van der Waals surface area contributed by atoms with Gasteiger partial charge in [0.25, 0.3) is 5.91 Å². The molecule has 6 nitrogen and oxygen atoms in total. The summed E-state index contributed by atoms with van der Waals surface area (Å²) in [5, 5.41) is 6.57. The van der Waals surface area contributed by atoms with Crippen molar-refractivity contribution in [3.8, 4) is 0 Å². The molecule has 0 radical (unpaired) electrons. The lowest BCUT2D eigenvalue weighted by Crippen LogP contribution is -2.21. The van der Waals surface area contributed by atoms with E-state index in [4.69, 9.17) is 16.3 Å². The third-order valence-electron chi connectivity index (χ3n) is 4.03. The van der Waals surface area contributed by atoms with Crippen molar-refractivity contribution < 1.29 is 9.53 Å². The average molecular weight is 361 g/mol.